The van der Waals surface area contributed by atoms with Crippen LogP contribution in [0.2, 0.25) is 10.2 Å². The van der Waals surface area contributed by atoms with Crippen molar-refractivity contribution in [3.05, 3.63) is 64.8 Å². The van der Waals surface area contributed by atoms with Crippen LogP contribution in [0.5, 0.6) is 0 Å². The summed E-state index contributed by atoms with van der Waals surface area (Å²) < 4.78 is 0. The number of aromatic nitrogens is 1. The second-order valence-electron chi connectivity index (χ2n) is 4.02. The van der Waals surface area contributed by atoms with Crippen LogP contribution in [0.4, 0.5) is 0 Å². The zero-order valence-corrected chi connectivity index (χ0v) is 10.9. The van der Waals surface area contributed by atoms with Gasteiger partial charge >= 0.3 is 0 Å². The summed E-state index contributed by atoms with van der Waals surface area (Å²) in [5.41, 5.74) is 3.00. The minimum Gasteiger partial charge on any atom is -0.236 e. The van der Waals surface area contributed by atoms with Gasteiger partial charge in [0.1, 0.15) is 5.15 Å². The monoisotopic (exact) mass is 273 g/mol. The van der Waals surface area contributed by atoms with E-state index < -0.39 is 0 Å². The number of fused-ring (bicyclic) bond motifs is 1. The van der Waals surface area contributed by atoms with Crippen molar-refractivity contribution in [3.8, 4) is 11.1 Å². The highest BCUT2D eigenvalue weighted by Gasteiger charge is 2.07. The van der Waals surface area contributed by atoms with Crippen LogP contribution < -0.4 is 0 Å². The fourth-order valence-electron chi connectivity index (χ4n) is 2.03. The maximum absolute atomic E-state index is 6.07. The van der Waals surface area contributed by atoms with Crippen molar-refractivity contribution < 1.29 is 0 Å². The summed E-state index contributed by atoms with van der Waals surface area (Å²) in [6.07, 6.45) is 0. The Morgan fingerprint density at radius 2 is 1.61 bits per heavy atom. The van der Waals surface area contributed by atoms with Gasteiger partial charge < -0.3 is 0 Å². The lowest BCUT2D eigenvalue weighted by Gasteiger charge is -2.07. The van der Waals surface area contributed by atoms with Crippen LogP contribution in [0.3, 0.4) is 0 Å². The van der Waals surface area contributed by atoms with Crippen LogP contribution in [0.25, 0.3) is 22.0 Å². The smallest absolute Gasteiger partial charge is 0.130 e. The Morgan fingerprint density at radius 1 is 0.833 bits per heavy atom. The fourth-order valence-corrected chi connectivity index (χ4v) is 2.39. The van der Waals surface area contributed by atoms with Crippen LogP contribution in [-0.4, -0.2) is 4.98 Å². The van der Waals surface area contributed by atoms with Crippen molar-refractivity contribution in [2.75, 3.05) is 0 Å². The molecule has 0 amide bonds. The second kappa shape index (κ2) is 4.60. The minimum atomic E-state index is 0.476. The molecule has 0 aliphatic rings. The lowest BCUT2D eigenvalue weighted by molar-refractivity contribution is 1.41. The van der Waals surface area contributed by atoms with Gasteiger partial charge in [0.2, 0.25) is 0 Å². The predicted molar refractivity (Wildman–Crippen MR) is 77.2 cm³/mol. The summed E-state index contributed by atoms with van der Waals surface area (Å²) in [4.78, 5) is 4.30. The zero-order chi connectivity index (χ0) is 12.5. The number of pyridine rings is 1. The molecule has 3 heteroatoms. The van der Waals surface area contributed by atoms with Crippen molar-refractivity contribution in [3.63, 3.8) is 0 Å². The van der Waals surface area contributed by atoms with Crippen molar-refractivity contribution in [1.82, 2.24) is 4.98 Å². The third-order valence-electron chi connectivity index (χ3n) is 2.83. The molecule has 0 aliphatic carbocycles. The summed E-state index contributed by atoms with van der Waals surface area (Å²) in [5.74, 6) is 0. The maximum Gasteiger partial charge on any atom is 0.130 e. The number of hydrogen-bond acceptors (Lipinski definition) is 1. The molecular formula is C15H9Cl2N. The molecule has 0 saturated heterocycles. The van der Waals surface area contributed by atoms with Crippen molar-refractivity contribution in [1.29, 1.82) is 0 Å². The molecule has 0 unspecified atom stereocenters. The first-order chi connectivity index (χ1) is 8.74. The molecule has 0 radical (unpaired) electrons. The number of hydrogen-bond donors (Lipinski definition) is 0. The van der Waals surface area contributed by atoms with Crippen LogP contribution in [0.15, 0.2) is 54.6 Å². The molecular weight excluding hydrogens is 265 g/mol. The Balaban J connectivity index is 2.35. The SMILES string of the molecule is Clc1ccc2c(-c3ccccc3)cc(Cl)nc2c1. The Labute approximate surface area is 115 Å². The summed E-state index contributed by atoms with van der Waals surface area (Å²) in [5, 5.41) is 2.19. The van der Waals surface area contributed by atoms with Gasteiger partial charge in [0.25, 0.3) is 0 Å². The number of halogens is 2. The van der Waals surface area contributed by atoms with E-state index in [-0.39, 0.29) is 0 Å². The van der Waals surface area contributed by atoms with Gasteiger partial charge in [0.15, 0.2) is 0 Å². The van der Waals surface area contributed by atoms with E-state index in [2.05, 4.69) is 17.1 Å². The Kier molecular flexibility index (Phi) is 2.94. The number of rotatable bonds is 1. The van der Waals surface area contributed by atoms with Gasteiger partial charge in [-0.2, -0.15) is 0 Å². The van der Waals surface area contributed by atoms with Gasteiger partial charge in [0, 0.05) is 10.4 Å². The standard InChI is InChI=1S/C15H9Cl2N/c16-11-6-7-12-13(10-4-2-1-3-5-10)9-15(17)18-14(12)8-11/h1-9H. The molecule has 1 heterocycles. The van der Waals surface area contributed by atoms with Gasteiger partial charge in [-0.05, 0) is 29.3 Å². The molecule has 3 aromatic rings. The molecule has 0 spiro atoms. The highest BCUT2D eigenvalue weighted by Crippen LogP contribution is 2.31. The Hall–Kier alpha value is -1.57. The molecule has 0 saturated carbocycles. The van der Waals surface area contributed by atoms with Gasteiger partial charge in [-0.1, -0.05) is 59.6 Å². The topological polar surface area (TPSA) is 12.9 Å². The summed E-state index contributed by atoms with van der Waals surface area (Å²) in [6.45, 7) is 0. The van der Waals surface area contributed by atoms with E-state index >= 15 is 0 Å². The first-order valence-electron chi connectivity index (χ1n) is 5.55. The molecule has 0 N–H and O–H groups in total. The van der Waals surface area contributed by atoms with E-state index in [4.69, 9.17) is 23.2 Å². The summed E-state index contributed by atoms with van der Waals surface area (Å²) in [6, 6.07) is 17.7. The van der Waals surface area contributed by atoms with Crippen molar-refractivity contribution >= 4 is 34.1 Å². The fraction of sp³-hybridized carbons (Fsp3) is 0. The summed E-state index contributed by atoms with van der Waals surface area (Å²) >= 11 is 12.1. The van der Waals surface area contributed by atoms with Crippen LogP contribution in [0.1, 0.15) is 0 Å². The minimum absolute atomic E-state index is 0.476. The van der Waals surface area contributed by atoms with Gasteiger partial charge in [0.05, 0.1) is 5.52 Å². The molecule has 2 aromatic carbocycles. The van der Waals surface area contributed by atoms with Crippen LogP contribution >= 0.6 is 23.2 Å². The quantitative estimate of drug-likeness (QED) is 0.555. The van der Waals surface area contributed by atoms with Gasteiger partial charge in [-0.25, -0.2) is 4.98 Å². The van der Waals surface area contributed by atoms with E-state index in [0.29, 0.717) is 10.2 Å². The van der Waals surface area contributed by atoms with Gasteiger partial charge in [-0.3, -0.25) is 0 Å². The van der Waals surface area contributed by atoms with E-state index in [1.54, 1.807) is 0 Å². The molecule has 0 atom stereocenters. The molecule has 1 nitrogen and oxygen atoms in total. The molecule has 88 valence electrons. The van der Waals surface area contributed by atoms with Gasteiger partial charge in [-0.15, -0.1) is 0 Å². The first-order valence-corrected chi connectivity index (χ1v) is 6.31. The third-order valence-corrected chi connectivity index (χ3v) is 3.25. The van der Waals surface area contributed by atoms with Crippen LogP contribution in [-0.2, 0) is 0 Å². The Bertz CT molecular complexity index is 703. The van der Waals surface area contributed by atoms with Crippen molar-refractivity contribution in [2.24, 2.45) is 0 Å². The Morgan fingerprint density at radius 3 is 2.39 bits per heavy atom. The molecule has 0 aliphatic heterocycles. The highest BCUT2D eigenvalue weighted by molar-refractivity contribution is 6.32. The van der Waals surface area contributed by atoms with E-state index in [1.807, 2.05) is 42.5 Å². The van der Waals surface area contributed by atoms with Crippen LogP contribution in [0, 0.1) is 0 Å². The van der Waals surface area contributed by atoms with E-state index in [9.17, 15) is 0 Å². The molecule has 0 fully saturated rings. The third kappa shape index (κ3) is 2.07. The predicted octanol–water partition coefficient (Wildman–Crippen LogP) is 5.21. The maximum atomic E-state index is 6.07. The lowest BCUT2D eigenvalue weighted by atomic mass is 10.0. The number of nitrogens with zero attached hydrogens (tertiary/aromatic N) is 1. The second-order valence-corrected chi connectivity index (χ2v) is 4.84. The average Bonchev–Trinajstić information content (AvgIpc) is 2.38. The zero-order valence-electron chi connectivity index (χ0n) is 9.40. The molecule has 0 bridgehead atoms. The first kappa shape index (κ1) is 11.5. The molecule has 1 aromatic heterocycles. The molecule has 3 rings (SSSR count). The van der Waals surface area contributed by atoms with E-state index in [1.165, 1.54) is 0 Å². The average molecular weight is 274 g/mol. The van der Waals surface area contributed by atoms with E-state index in [0.717, 1.165) is 22.0 Å². The number of benzene rings is 2. The normalized spacial score (nSPS) is 10.8. The molecule has 18 heavy (non-hydrogen) atoms. The highest BCUT2D eigenvalue weighted by atomic mass is 35.5. The summed E-state index contributed by atoms with van der Waals surface area (Å²) in [7, 11) is 0. The largest absolute Gasteiger partial charge is 0.236 e. The van der Waals surface area contributed by atoms with Crippen molar-refractivity contribution in [2.45, 2.75) is 0 Å². The lowest BCUT2D eigenvalue weighted by Crippen LogP contribution is -1.86.